The van der Waals surface area contributed by atoms with Crippen molar-refractivity contribution in [3.05, 3.63) is 0 Å². The van der Waals surface area contributed by atoms with Crippen LogP contribution in [0.3, 0.4) is 0 Å². The molecule has 32 heavy (non-hydrogen) atoms. The van der Waals surface area contributed by atoms with E-state index in [1.807, 2.05) is 0 Å². The third-order valence-electron chi connectivity index (χ3n) is 7.21. The zero-order chi connectivity index (χ0) is 23.9. The van der Waals surface area contributed by atoms with Crippen LogP contribution in [0.15, 0.2) is 0 Å². The van der Waals surface area contributed by atoms with E-state index in [4.69, 9.17) is 5.11 Å². The van der Waals surface area contributed by atoms with Crippen LogP contribution in [-0.2, 0) is 21.6 Å². The Morgan fingerprint density at radius 3 is 1.56 bits per heavy atom. The molecule has 0 aliphatic heterocycles. The van der Waals surface area contributed by atoms with E-state index in [0.29, 0.717) is 28.9 Å². The van der Waals surface area contributed by atoms with E-state index in [-0.39, 0.29) is 9.49 Å². The van der Waals surface area contributed by atoms with Crippen LogP contribution < -0.4 is 0 Å². The lowest BCUT2D eigenvalue weighted by atomic mass is 10.0. The van der Waals surface area contributed by atoms with E-state index in [2.05, 4.69) is 46.4 Å². The molecule has 4 nitrogen and oxygen atoms in total. The minimum absolute atomic E-state index is 0.118. The fourth-order valence-electron chi connectivity index (χ4n) is 5.57. The van der Waals surface area contributed by atoms with Gasteiger partial charge in [-0.1, -0.05) is 12.8 Å². The van der Waals surface area contributed by atoms with E-state index in [1.54, 1.807) is 0 Å². The van der Waals surface area contributed by atoms with Crippen LogP contribution in [0.5, 0.6) is 0 Å². The van der Waals surface area contributed by atoms with Crippen molar-refractivity contribution >= 4 is 21.6 Å². The van der Waals surface area contributed by atoms with Gasteiger partial charge in [-0.05, 0) is 111 Å². The van der Waals surface area contributed by atoms with E-state index >= 15 is 0 Å². The van der Waals surface area contributed by atoms with Crippen LogP contribution in [0.25, 0.3) is 0 Å². The standard InChI is InChI=1S/C26H51NO3S2/c1-25(2,3)31(29)23-13-11-21(17-23)19-27(15-9-7-8-10-16-28)20-22-12-14-24(18-22)32(30)26(4,5)6/h21-24,28H,7-20H2,1-6H3/t21-,22+,23?,24?,31?,32?. The molecular formula is C26H51NO3S2. The van der Waals surface area contributed by atoms with Crippen LogP contribution in [-0.4, -0.2) is 64.7 Å². The Kier molecular flexibility index (Phi) is 11.4. The lowest BCUT2D eigenvalue weighted by Gasteiger charge is -2.29. The maximum Gasteiger partial charge on any atom is 0.0431 e. The summed E-state index contributed by atoms with van der Waals surface area (Å²) in [6.07, 6.45) is 11.2. The maximum absolute atomic E-state index is 12.9. The third-order valence-corrected chi connectivity index (χ3v) is 11.7. The van der Waals surface area contributed by atoms with Crippen molar-refractivity contribution in [3.8, 4) is 0 Å². The normalized spacial score (nSPS) is 29.0. The van der Waals surface area contributed by atoms with Gasteiger partial charge in [-0.2, -0.15) is 0 Å². The number of rotatable bonds is 12. The second-order valence-corrected chi connectivity index (χ2v) is 17.3. The first-order valence-electron chi connectivity index (χ1n) is 13.1. The van der Waals surface area contributed by atoms with Crippen LogP contribution in [0.1, 0.15) is 106 Å². The molecule has 0 saturated heterocycles. The molecule has 0 aromatic rings. The Hall–Kier alpha value is 0.220. The highest BCUT2D eigenvalue weighted by molar-refractivity contribution is 7.87. The van der Waals surface area contributed by atoms with E-state index < -0.39 is 21.6 Å². The molecule has 0 spiro atoms. The predicted molar refractivity (Wildman–Crippen MR) is 140 cm³/mol. The van der Waals surface area contributed by atoms with Gasteiger partial charge in [0.05, 0.1) is 0 Å². The molecule has 6 heteroatoms. The van der Waals surface area contributed by atoms with Gasteiger partial charge in [0, 0.05) is 61.3 Å². The first-order chi connectivity index (χ1) is 14.9. The first-order valence-corrected chi connectivity index (χ1v) is 15.5. The molecule has 2 fully saturated rings. The van der Waals surface area contributed by atoms with Crippen molar-refractivity contribution in [2.45, 2.75) is 126 Å². The van der Waals surface area contributed by atoms with Crippen molar-refractivity contribution in [1.82, 2.24) is 4.90 Å². The summed E-state index contributed by atoms with van der Waals surface area (Å²) in [6.45, 7) is 16.3. The second-order valence-electron chi connectivity index (χ2n) is 12.3. The van der Waals surface area contributed by atoms with Crippen molar-refractivity contribution in [2.75, 3.05) is 26.2 Å². The second kappa shape index (κ2) is 12.8. The third kappa shape index (κ3) is 9.11. The summed E-state index contributed by atoms with van der Waals surface area (Å²) < 4.78 is 25.5. The molecule has 0 heterocycles. The summed E-state index contributed by atoms with van der Waals surface area (Å²) in [4.78, 5) is 2.68. The van der Waals surface area contributed by atoms with E-state index in [0.717, 1.165) is 58.2 Å². The SMILES string of the molecule is CC(C)(C)S(=O)C1CC[C@@H](CN(CCCCCCO)C[C@H]2CCC(S(=O)C(C)(C)C)C2)C1. The molecule has 2 saturated carbocycles. The number of aliphatic hydroxyl groups is 1. The van der Waals surface area contributed by atoms with E-state index in [9.17, 15) is 8.42 Å². The van der Waals surface area contributed by atoms with Gasteiger partial charge in [0.25, 0.3) is 0 Å². The number of nitrogens with zero attached hydrogens (tertiary/aromatic N) is 1. The predicted octanol–water partition coefficient (Wildman–Crippen LogP) is 5.27. The van der Waals surface area contributed by atoms with Gasteiger partial charge in [-0.25, -0.2) is 0 Å². The van der Waals surface area contributed by atoms with Crippen LogP contribution in [0.4, 0.5) is 0 Å². The van der Waals surface area contributed by atoms with Gasteiger partial charge in [-0.3, -0.25) is 8.42 Å². The molecule has 2 aliphatic rings. The molecule has 190 valence electrons. The highest BCUT2D eigenvalue weighted by Gasteiger charge is 2.37. The van der Waals surface area contributed by atoms with Crippen LogP contribution in [0, 0.1) is 11.8 Å². The van der Waals surface area contributed by atoms with Gasteiger partial charge in [0.15, 0.2) is 0 Å². The molecular weight excluding hydrogens is 438 g/mol. The summed E-state index contributed by atoms with van der Waals surface area (Å²) in [5, 5.41) is 9.76. The Labute approximate surface area is 203 Å². The fourth-order valence-corrected chi connectivity index (χ4v) is 9.16. The lowest BCUT2D eigenvalue weighted by Crippen LogP contribution is -2.35. The van der Waals surface area contributed by atoms with Gasteiger partial charge in [-0.15, -0.1) is 0 Å². The van der Waals surface area contributed by atoms with Crippen molar-refractivity contribution in [2.24, 2.45) is 11.8 Å². The van der Waals surface area contributed by atoms with Crippen LogP contribution >= 0.6 is 0 Å². The molecule has 0 amide bonds. The summed E-state index contributed by atoms with van der Waals surface area (Å²) in [5.74, 6) is 1.31. The summed E-state index contributed by atoms with van der Waals surface area (Å²) in [6, 6.07) is 0. The summed E-state index contributed by atoms with van der Waals surface area (Å²) in [7, 11) is -1.51. The monoisotopic (exact) mass is 489 g/mol. The Balaban J connectivity index is 1.90. The minimum atomic E-state index is -0.756. The van der Waals surface area contributed by atoms with E-state index in [1.165, 1.54) is 25.7 Å². The molecule has 0 aromatic heterocycles. The summed E-state index contributed by atoms with van der Waals surface area (Å²) >= 11 is 0. The highest BCUT2D eigenvalue weighted by atomic mass is 32.2. The average Bonchev–Trinajstić information content (AvgIpc) is 3.34. The molecule has 2 aliphatic carbocycles. The number of hydrogen-bond donors (Lipinski definition) is 1. The van der Waals surface area contributed by atoms with Crippen molar-refractivity contribution in [1.29, 1.82) is 0 Å². The Morgan fingerprint density at radius 2 is 1.16 bits per heavy atom. The van der Waals surface area contributed by atoms with Crippen molar-refractivity contribution in [3.63, 3.8) is 0 Å². The maximum atomic E-state index is 12.9. The molecule has 0 radical (unpaired) electrons. The molecule has 2 rings (SSSR count). The average molecular weight is 490 g/mol. The highest BCUT2D eigenvalue weighted by Crippen LogP contribution is 2.36. The fraction of sp³-hybridized carbons (Fsp3) is 1.00. The van der Waals surface area contributed by atoms with Crippen LogP contribution in [0.2, 0.25) is 0 Å². The molecule has 0 aromatic carbocycles. The molecule has 1 N–H and O–H groups in total. The zero-order valence-corrected chi connectivity index (χ0v) is 23.4. The van der Waals surface area contributed by atoms with Gasteiger partial charge in [0.1, 0.15) is 0 Å². The van der Waals surface area contributed by atoms with Gasteiger partial charge < -0.3 is 10.0 Å². The van der Waals surface area contributed by atoms with Gasteiger partial charge >= 0.3 is 0 Å². The van der Waals surface area contributed by atoms with Gasteiger partial charge in [0.2, 0.25) is 0 Å². The topological polar surface area (TPSA) is 57.6 Å². The Bertz CT molecular complexity index is 565. The quantitative estimate of drug-likeness (QED) is 0.379. The lowest BCUT2D eigenvalue weighted by molar-refractivity contribution is 0.195. The molecule has 4 unspecified atom stereocenters. The largest absolute Gasteiger partial charge is 0.396 e. The molecule has 6 atom stereocenters. The smallest absolute Gasteiger partial charge is 0.0431 e. The Morgan fingerprint density at radius 1 is 0.719 bits per heavy atom. The first kappa shape index (κ1) is 28.5. The number of unbranched alkanes of at least 4 members (excludes halogenated alkanes) is 3. The summed E-state index contributed by atoms with van der Waals surface area (Å²) in [5.41, 5.74) is 0. The molecule has 0 bridgehead atoms. The zero-order valence-electron chi connectivity index (χ0n) is 21.7. The number of aliphatic hydroxyl groups excluding tert-OH is 1. The number of hydrogen-bond acceptors (Lipinski definition) is 4. The minimum Gasteiger partial charge on any atom is -0.396 e. The van der Waals surface area contributed by atoms with Crippen molar-refractivity contribution < 1.29 is 13.5 Å².